The molecule has 3 atom stereocenters. The van der Waals surface area contributed by atoms with Gasteiger partial charge in [0.2, 0.25) is 5.91 Å². The molecule has 1 aromatic carbocycles. The Morgan fingerprint density at radius 3 is 2.74 bits per heavy atom. The lowest BCUT2D eigenvalue weighted by atomic mass is 9.72. The molecule has 5 rings (SSSR count). The van der Waals surface area contributed by atoms with Gasteiger partial charge in [-0.15, -0.1) is 0 Å². The van der Waals surface area contributed by atoms with Crippen molar-refractivity contribution in [2.75, 3.05) is 20.6 Å². The van der Waals surface area contributed by atoms with Crippen LogP contribution in [0.1, 0.15) is 49.1 Å². The molecular weight excluding hydrogens is 334 g/mol. The summed E-state index contributed by atoms with van der Waals surface area (Å²) in [6.07, 6.45) is 9.33. The zero-order chi connectivity index (χ0) is 18.7. The normalized spacial score (nSPS) is 28.5. The highest BCUT2D eigenvalue weighted by molar-refractivity contribution is 5.89. The van der Waals surface area contributed by atoms with Gasteiger partial charge in [-0.2, -0.15) is 0 Å². The molecule has 0 unspecified atom stereocenters. The zero-order valence-corrected chi connectivity index (χ0v) is 16.8. The van der Waals surface area contributed by atoms with Crippen molar-refractivity contribution >= 4 is 16.8 Å². The predicted octanol–water partition coefficient (Wildman–Crippen LogP) is 3.54. The molecule has 0 bridgehead atoms. The smallest absolute Gasteiger partial charge is 0.226 e. The van der Waals surface area contributed by atoms with Crippen LogP contribution in [-0.4, -0.2) is 53.0 Å². The molecule has 4 heteroatoms. The maximum atomic E-state index is 13.3. The summed E-state index contributed by atoms with van der Waals surface area (Å²) in [6.45, 7) is 0.898. The van der Waals surface area contributed by atoms with Gasteiger partial charge in [-0.3, -0.25) is 4.79 Å². The number of likely N-dealkylation sites (N-methyl/N-ethyl adjacent to an activating group) is 1. The van der Waals surface area contributed by atoms with Crippen molar-refractivity contribution in [3.05, 3.63) is 35.5 Å². The highest BCUT2D eigenvalue weighted by Crippen LogP contribution is 2.45. The molecule has 0 N–H and O–H groups in total. The lowest BCUT2D eigenvalue weighted by molar-refractivity contribution is -0.138. The highest BCUT2D eigenvalue weighted by Gasteiger charge is 2.42. The van der Waals surface area contributed by atoms with E-state index in [1.54, 1.807) is 0 Å². The van der Waals surface area contributed by atoms with E-state index < -0.39 is 0 Å². The number of rotatable bonds is 2. The summed E-state index contributed by atoms with van der Waals surface area (Å²) in [4.78, 5) is 17.8. The van der Waals surface area contributed by atoms with E-state index in [-0.39, 0.29) is 5.92 Å². The van der Waals surface area contributed by atoms with Crippen LogP contribution in [0.5, 0.6) is 0 Å². The monoisotopic (exact) mass is 365 g/mol. The minimum Gasteiger partial charge on any atom is -0.350 e. The quantitative estimate of drug-likeness (QED) is 0.814. The van der Waals surface area contributed by atoms with Crippen molar-refractivity contribution < 1.29 is 4.79 Å². The number of hydrogen-bond acceptors (Lipinski definition) is 2. The number of carbonyl (C=O) groups is 1. The van der Waals surface area contributed by atoms with E-state index >= 15 is 0 Å². The molecule has 4 nitrogen and oxygen atoms in total. The number of hydrogen-bond donors (Lipinski definition) is 0. The molecule has 0 radical (unpaired) electrons. The molecule has 0 spiro atoms. The minimum atomic E-state index is 0.127. The lowest BCUT2D eigenvalue weighted by Gasteiger charge is -2.46. The summed E-state index contributed by atoms with van der Waals surface area (Å²) in [5.41, 5.74) is 4.27. The first-order valence-electron chi connectivity index (χ1n) is 10.6. The van der Waals surface area contributed by atoms with E-state index in [0.29, 0.717) is 23.9 Å². The predicted molar refractivity (Wildman–Crippen MR) is 109 cm³/mol. The molecule has 2 aromatic rings. The van der Waals surface area contributed by atoms with Gasteiger partial charge < -0.3 is 14.4 Å². The van der Waals surface area contributed by atoms with Gasteiger partial charge in [0.05, 0.1) is 5.92 Å². The third-order valence-electron chi connectivity index (χ3n) is 7.60. The maximum absolute atomic E-state index is 13.3. The van der Waals surface area contributed by atoms with E-state index in [4.69, 9.17) is 0 Å². The summed E-state index contributed by atoms with van der Waals surface area (Å²) in [6, 6.07) is 7.72. The Morgan fingerprint density at radius 1 is 1.19 bits per heavy atom. The van der Waals surface area contributed by atoms with E-state index in [1.165, 1.54) is 47.7 Å². The molecule has 144 valence electrons. The van der Waals surface area contributed by atoms with E-state index in [9.17, 15) is 4.79 Å². The van der Waals surface area contributed by atoms with Crippen molar-refractivity contribution in [1.82, 2.24) is 14.4 Å². The molecule has 1 amide bonds. The fourth-order valence-electron chi connectivity index (χ4n) is 6.16. The van der Waals surface area contributed by atoms with Crippen LogP contribution in [-0.2, 0) is 18.3 Å². The minimum absolute atomic E-state index is 0.127. The van der Waals surface area contributed by atoms with Crippen molar-refractivity contribution in [2.45, 2.75) is 56.5 Å². The third-order valence-corrected chi connectivity index (χ3v) is 7.60. The maximum Gasteiger partial charge on any atom is 0.226 e. The van der Waals surface area contributed by atoms with Crippen molar-refractivity contribution in [3.8, 4) is 0 Å². The topological polar surface area (TPSA) is 28.5 Å². The van der Waals surface area contributed by atoms with Crippen LogP contribution in [0.2, 0.25) is 0 Å². The molecule has 27 heavy (non-hydrogen) atoms. The molecule has 2 aliphatic carbocycles. The number of fused-ring (bicyclic) bond motifs is 2. The fraction of sp³-hybridized carbons (Fsp3) is 0.609. The summed E-state index contributed by atoms with van der Waals surface area (Å²) in [7, 11) is 6.42. The van der Waals surface area contributed by atoms with Gasteiger partial charge in [-0.05, 0) is 49.9 Å². The van der Waals surface area contributed by atoms with Crippen molar-refractivity contribution in [3.63, 3.8) is 0 Å². The first-order valence-corrected chi connectivity index (χ1v) is 10.6. The summed E-state index contributed by atoms with van der Waals surface area (Å²) in [5.74, 6) is 0.967. The number of carbonyl (C=O) groups excluding carboxylic acids is 1. The van der Waals surface area contributed by atoms with Crippen LogP contribution in [0.4, 0.5) is 0 Å². The molecule has 2 heterocycles. The van der Waals surface area contributed by atoms with Gasteiger partial charge in [0.15, 0.2) is 0 Å². The van der Waals surface area contributed by atoms with Crippen LogP contribution < -0.4 is 0 Å². The number of aryl methyl sites for hydroxylation is 1. The van der Waals surface area contributed by atoms with Gasteiger partial charge in [-0.1, -0.05) is 25.0 Å². The fourth-order valence-corrected chi connectivity index (χ4v) is 6.16. The number of aromatic nitrogens is 1. The van der Waals surface area contributed by atoms with Gasteiger partial charge >= 0.3 is 0 Å². The lowest BCUT2D eigenvalue weighted by Crippen LogP contribution is -2.52. The summed E-state index contributed by atoms with van der Waals surface area (Å²) >= 11 is 0. The average Bonchev–Trinajstić information content (AvgIpc) is 3.31. The Kier molecular flexibility index (Phi) is 4.08. The Morgan fingerprint density at radius 2 is 1.96 bits per heavy atom. The number of nitrogens with zero attached hydrogens (tertiary/aromatic N) is 3. The summed E-state index contributed by atoms with van der Waals surface area (Å²) < 4.78 is 2.27. The number of benzene rings is 1. The molecule has 1 saturated heterocycles. The largest absolute Gasteiger partial charge is 0.350 e. The molecule has 1 aromatic heterocycles. The molecule has 2 fully saturated rings. The first-order chi connectivity index (χ1) is 13.0. The summed E-state index contributed by atoms with van der Waals surface area (Å²) in [5, 5.41) is 1.45. The SMILES string of the molecule is CN(C(=O)[C@@H]1C[C@@H]2c3cccc4c3c(cn4C)C[C@H]2N(C)C1)C1CCCC1. The number of piperidine rings is 1. The molecule has 1 saturated carbocycles. The second-order valence-electron chi connectivity index (χ2n) is 9.14. The molecule has 3 aliphatic rings. The first kappa shape index (κ1) is 17.3. The van der Waals surface area contributed by atoms with Crippen LogP contribution in [0.3, 0.4) is 0 Å². The van der Waals surface area contributed by atoms with Crippen molar-refractivity contribution in [2.24, 2.45) is 13.0 Å². The van der Waals surface area contributed by atoms with E-state index in [1.807, 2.05) is 7.05 Å². The van der Waals surface area contributed by atoms with Crippen LogP contribution in [0.15, 0.2) is 24.4 Å². The standard InChI is InChI=1S/C23H31N3O/c1-24-13-15-12-21-19(18-9-6-10-20(24)22(15)18)11-16(14-25(21)2)23(27)26(3)17-7-4-5-8-17/h6,9-10,13,16-17,19,21H,4-5,7-8,11-12,14H2,1-3H3/t16-,19-,21-/m1/s1. The van der Waals surface area contributed by atoms with Crippen LogP contribution in [0.25, 0.3) is 10.9 Å². The Bertz CT molecular complexity index is 879. The van der Waals surface area contributed by atoms with E-state index in [2.05, 4.69) is 52.9 Å². The van der Waals surface area contributed by atoms with Gasteiger partial charge in [-0.25, -0.2) is 0 Å². The molecular formula is C23H31N3O. The third kappa shape index (κ3) is 2.64. The van der Waals surface area contributed by atoms with Gasteiger partial charge in [0, 0.05) is 55.7 Å². The van der Waals surface area contributed by atoms with Crippen molar-refractivity contribution in [1.29, 1.82) is 0 Å². The Labute approximate surface area is 162 Å². The average molecular weight is 366 g/mol. The number of likely N-dealkylation sites (tertiary alicyclic amines) is 1. The number of amides is 1. The Hall–Kier alpha value is -1.81. The highest BCUT2D eigenvalue weighted by atomic mass is 16.2. The van der Waals surface area contributed by atoms with Crippen LogP contribution in [0, 0.1) is 5.92 Å². The second kappa shape index (κ2) is 6.37. The zero-order valence-electron chi connectivity index (χ0n) is 16.8. The molecule has 1 aliphatic heterocycles. The Balaban J connectivity index is 1.46. The second-order valence-corrected chi connectivity index (χ2v) is 9.14. The van der Waals surface area contributed by atoms with Gasteiger partial charge in [0.25, 0.3) is 0 Å². The van der Waals surface area contributed by atoms with Crippen LogP contribution >= 0.6 is 0 Å². The van der Waals surface area contributed by atoms with Gasteiger partial charge in [0.1, 0.15) is 0 Å². The van der Waals surface area contributed by atoms with E-state index in [0.717, 1.165) is 19.4 Å².